The molecule has 190 valence electrons. The second kappa shape index (κ2) is 11.6. The fourth-order valence-electron chi connectivity index (χ4n) is 4.36. The molecule has 7 heteroatoms. The summed E-state index contributed by atoms with van der Waals surface area (Å²) < 4.78 is 1.78. The van der Waals surface area contributed by atoms with Crippen molar-refractivity contribution in [2.24, 2.45) is 0 Å². The maximum absolute atomic E-state index is 13.4. The normalized spacial score (nSPS) is 10.7. The summed E-state index contributed by atoms with van der Waals surface area (Å²) in [7, 11) is 0. The standard InChI is InChI=1S/C30H33N5O2/c1-5-18-34(30(37)31-25-16-11-12-21(2)19-25)20-27(36)32-29-28(24-14-7-6-8-15-24)23(4)33-35(29)26-17-10-9-13-22(26)3/h6-17,19H,5,18,20H2,1-4H3,(H,31,37)(H,32,36). The molecule has 0 radical (unpaired) electrons. The molecule has 0 aliphatic heterocycles. The summed E-state index contributed by atoms with van der Waals surface area (Å²) in [5, 5.41) is 10.8. The maximum Gasteiger partial charge on any atom is 0.322 e. The zero-order valence-electron chi connectivity index (χ0n) is 21.8. The van der Waals surface area contributed by atoms with Gasteiger partial charge in [-0.25, -0.2) is 9.48 Å². The lowest BCUT2D eigenvalue weighted by molar-refractivity contribution is -0.116. The lowest BCUT2D eigenvalue weighted by Gasteiger charge is -2.22. The van der Waals surface area contributed by atoms with Gasteiger partial charge in [0.25, 0.3) is 0 Å². The van der Waals surface area contributed by atoms with E-state index in [1.54, 1.807) is 4.68 Å². The topological polar surface area (TPSA) is 79.3 Å². The Morgan fingerprint density at radius 3 is 2.32 bits per heavy atom. The molecule has 1 heterocycles. The van der Waals surface area contributed by atoms with Crippen molar-refractivity contribution in [1.29, 1.82) is 0 Å². The number of rotatable bonds is 8. The number of anilines is 2. The Hall–Kier alpha value is -4.39. The van der Waals surface area contributed by atoms with Gasteiger partial charge in [-0.2, -0.15) is 5.10 Å². The van der Waals surface area contributed by atoms with Crippen molar-refractivity contribution in [2.45, 2.75) is 34.1 Å². The number of hydrogen-bond donors (Lipinski definition) is 2. The van der Waals surface area contributed by atoms with E-state index in [9.17, 15) is 9.59 Å². The Balaban J connectivity index is 1.63. The van der Waals surface area contributed by atoms with Gasteiger partial charge in [0.15, 0.2) is 0 Å². The molecule has 7 nitrogen and oxygen atoms in total. The highest BCUT2D eigenvalue weighted by Gasteiger charge is 2.23. The van der Waals surface area contributed by atoms with Gasteiger partial charge in [0.05, 0.1) is 11.4 Å². The van der Waals surface area contributed by atoms with Crippen LogP contribution >= 0.6 is 0 Å². The maximum atomic E-state index is 13.4. The number of urea groups is 1. The van der Waals surface area contributed by atoms with Crippen molar-refractivity contribution >= 4 is 23.4 Å². The van der Waals surface area contributed by atoms with Crippen molar-refractivity contribution in [3.63, 3.8) is 0 Å². The first-order chi connectivity index (χ1) is 17.9. The van der Waals surface area contributed by atoms with Crippen LogP contribution < -0.4 is 10.6 Å². The number of carbonyl (C=O) groups excluding carboxylic acids is 2. The van der Waals surface area contributed by atoms with Gasteiger partial charge in [-0.1, -0.05) is 67.6 Å². The predicted octanol–water partition coefficient (Wildman–Crippen LogP) is 6.35. The molecule has 0 bridgehead atoms. The van der Waals surface area contributed by atoms with Crippen LogP contribution in [0.4, 0.5) is 16.3 Å². The van der Waals surface area contributed by atoms with E-state index in [4.69, 9.17) is 5.10 Å². The van der Waals surface area contributed by atoms with Crippen molar-refractivity contribution in [1.82, 2.24) is 14.7 Å². The third-order valence-electron chi connectivity index (χ3n) is 6.11. The molecule has 0 atom stereocenters. The highest BCUT2D eigenvalue weighted by atomic mass is 16.2. The minimum Gasteiger partial charge on any atom is -0.315 e. The molecule has 0 unspecified atom stereocenters. The Kier molecular flexibility index (Phi) is 8.03. The number of aryl methyl sites for hydroxylation is 3. The van der Waals surface area contributed by atoms with Crippen molar-refractivity contribution in [3.8, 4) is 16.8 Å². The predicted molar refractivity (Wildman–Crippen MR) is 149 cm³/mol. The molecule has 0 saturated heterocycles. The fourth-order valence-corrected chi connectivity index (χ4v) is 4.36. The molecule has 2 N–H and O–H groups in total. The van der Waals surface area contributed by atoms with E-state index >= 15 is 0 Å². The first-order valence-corrected chi connectivity index (χ1v) is 12.5. The number of hydrogen-bond acceptors (Lipinski definition) is 3. The quantitative estimate of drug-likeness (QED) is 0.299. The van der Waals surface area contributed by atoms with Crippen LogP contribution in [0.25, 0.3) is 16.8 Å². The fraction of sp³-hybridized carbons (Fsp3) is 0.233. The Labute approximate surface area is 218 Å². The zero-order chi connectivity index (χ0) is 26.4. The number of aromatic nitrogens is 2. The molecule has 0 saturated carbocycles. The Morgan fingerprint density at radius 2 is 1.62 bits per heavy atom. The smallest absolute Gasteiger partial charge is 0.315 e. The first kappa shape index (κ1) is 25.7. The monoisotopic (exact) mass is 495 g/mol. The number of amides is 3. The van der Waals surface area contributed by atoms with E-state index in [-0.39, 0.29) is 18.5 Å². The number of benzene rings is 3. The summed E-state index contributed by atoms with van der Waals surface area (Å²) in [6.07, 6.45) is 0.726. The summed E-state index contributed by atoms with van der Waals surface area (Å²) >= 11 is 0. The Bertz CT molecular complexity index is 1390. The number of para-hydroxylation sites is 1. The molecule has 4 aromatic rings. The van der Waals surface area contributed by atoms with Crippen LogP contribution in [-0.4, -0.2) is 39.7 Å². The minimum atomic E-state index is -0.311. The molecule has 0 fully saturated rings. The molecule has 3 amide bonds. The molecule has 0 aliphatic rings. The van der Waals surface area contributed by atoms with E-state index in [0.717, 1.165) is 40.1 Å². The van der Waals surface area contributed by atoms with Crippen LogP contribution in [0.15, 0.2) is 78.9 Å². The SMILES string of the molecule is CCCN(CC(=O)Nc1c(-c2ccccc2)c(C)nn1-c1ccccc1C)C(=O)Nc1cccc(C)c1. The van der Waals surface area contributed by atoms with Gasteiger partial charge in [0.2, 0.25) is 5.91 Å². The van der Waals surface area contributed by atoms with Crippen LogP contribution in [0.5, 0.6) is 0 Å². The number of carbonyl (C=O) groups is 2. The van der Waals surface area contributed by atoms with E-state index < -0.39 is 0 Å². The molecule has 0 aliphatic carbocycles. The third kappa shape index (κ3) is 6.06. The summed E-state index contributed by atoms with van der Waals surface area (Å²) in [6, 6.07) is 25.1. The van der Waals surface area contributed by atoms with E-state index in [1.165, 1.54) is 4.90 Å². The van der Waals surface area contributed by atoms with Gasteiger partial charge in [0.1, 0.15) is 12.4 Å². The Morgan fingerprint density at radius 1 is 0.892 bits per heavy atom. The number of nitrogens with zero attached hydrogens (tertiary/aromatic N) is 3. The molecular formula is C30H33N5O2. The van der Waals surface area contributed by atoms with Gasteiger partial charge in [-0.3, -0.25) is 4.79 Å². The zero-order valence-corrected chi connectivity index (χ0v) is 21.8. The molecule has 1 aromatic heterocycles. The summed E-state index contributed by atoms with van der Waals surface area (Å²) in [5.41, 5.74) is 6.27. The van der Waals surface area contributed by atoms with Crippen LogP contribution in [0.2, 0.25) is 0 Å². The summed E-state index contributed by atoms with van der Waals surface area (Å²) in [5.74, 6) is 0.290. The van der Waals surface area contributed by atoms with Crippen LogP contribution in [0, 0.1) is 20.8 Å². The average molecular weight is 496 g/mol. The lowest BCUT2D eigenvalue weighted by atomic mass is 10.1. The molecule has 3 aromatic carbocycles. The highest BCUT2D eigenvalue weighted by molar-refractivity contribution is 5.99. The highest BCUT2D eigenvalue weighted by Crippen LogP contribution is 2.34. The van der Waals surface area contributed by atoms with Gasteiger partial charge in [0, 0.05) is 17.8 Å². The van der Waals surface area contributed by atoms with Crippen molar-refractivity contribution in [3.05, 3.63) is 95.7 Å². The van der Waals surface area contributed by atoms with Crippen LogP contribution in [0.3, 0.4) is 0 Å². The van der Waals surface area contributed by atoms with Crippen molar-refractivity contribution < 1.29 is 9.59 Å². The molecule has 0 spiro atoms. The van der Waals surface area contributed by atoms with Crippen molar-refractivity contribution in [2.75, 3.05) is 23.7 Å². The molecule has 4 rings (SSSR count). The van der Waals surface area contributed by atoms with Gasteiger partial charge in [-0.05, 0) is 62.1 Å². The van der Waals surface area contributed by atoms with Crippen LogP contribution in [0.1, 0.15) is 30.2 Å². The average Bonchev–Trinajstić information content (AvgIpc) is 3.19. The van der Waals surface area contributed by atoms with E-state index in [0.29, 0.717) is 18.1 Å². The summed E-state index contributed by atoms with van der Waals surface area (Å²) in [4.78, 5) is 28.0. The largest absolute Gasteiger partial charge is 0.322 e. The second-order valence-electron chi connectivity index (χ2n) is 9.14. The van der Waals surface area contributed by atoms with Crippen LogP contribution in [-0.2, 0) is 4.79 Å². The third-order valence-corrected chi connectivity index (χ3v) is 6.11. The first-order valence-electron chi connectivity index (χ1n) is 12.5. The van der Waals surface area contributed by atoms with E-state index in [2.05, 4.69) is 10.6 Å². The lowest BCUT2D eigenvalue weighted by Crippen LogP contribution is -2.41. The minimum absolute atomic E-state index is 0.0856. The molecule has 37 heavy (non-hydrogen) atoms. The van der Waals surface area contributed by atoms with Gasteiger partial charge in [-0.15, -0.1) is 0 Å². The van der Waals surface area contributed by atoms with Gasteiger partial charge >= 0.3 is 6.03 Å². The summed E-state index contributed by atoms with van der Waals surface area (Å²) in [6.45, 7) is 8.26. The molecular weight excluding hydrogens is 462 g/mol. The van der Waals surface area contributed by atoms with E-state index in [1.807, 2.05) is 107 Å². The number of nitrogens with one attached hydrogen (secondary N) is 2. The second-order valence-corrected chi connectivity index (χ2v) is 9.14. The van der Waals surface area contributed by atoms with Gasteiger partial charge < -0.3 is 15.5 Å².